The van der Waals surface area contributed by atoms with Crippen LogP contribution in [-0.4, -0.2) is 51.4 Å². The van der Waals surface area contributed by atoms with Crippen LogP contribution in [0.3, 0.4) is 0 Å². The predicted octanol–water partition coefficient (Wildman–Crippen LogP) is 6.52. The molecule has 36 heavy (non-hydrogen) atoms. The molecule has 0 radical (unpaired) electrons. The van der Waals surface area contributed by atoms with Gasteiger partial charge in [0.2, 0.25) is 0 Å². The average molecular weight is 496 g/mol. The molecule has 6 nitrogen and oxygen atoms in total. The van der Waals surface area contributed by atoms with Gasteiger partial charge in [-0.25, -0.2) is 9.79 Å². The van der Waals surface area contributed by atoms with E-state index in [9.17, 15) is 14.7 Å². The lowest BCUT2D eigenvalue weighted by molar-refractivity contribution is -0.134. The number of amides is 1. The Bertz CT molecular complexity index is 962. The number of amidine groups is 1. The zero-order valence-electron chi connectivity index (χ0n) is 22.9. The van der Waals surface area contributed by atoms with Gasteiger partial charge in [-0.15, -0.1) is 0 Å². The fourth-order valence-electron chi connectivity index (χ4n) is 6.42. The van der Waals surface area contributed by atoms with Crippen molar-refractivity contribution in [3.63, 3.8) is 0 Å². The number of aromatic carboxylic acids is 1. The molecule has 1 saturated heterocycles. The SMILES string of the molecule is CC(C)CC[C@H](c1ccc(C(=O)O)cc1)N1C(=O)C(N2CCCCC2)=NC12CCC(C(C)(C)C)CC2. The molecule has 2 aliphatic heterocycles. The Morgan fingerprint density at radius 1 is 1.06 bits per heavy atom. The number of hydrogen-bond donors (Lipinski definition) is 1. The summed E-state index contributed by atoms with van der Waals surface area (Å²) in [6.45, 7) is 13.2. The average Bonchev–Trinajstić information content (AvgIpc) is 3.11. The molecular formula is C30H45N3O3. The number of carbonyl (C=O) groups excluding carboxylic acids is 1. The Hall–Kier alpha value is -2.37. The molecule has 2 fully saturated rings. The lowest BCUT2D eigenvalue weighted by atomic mass is 9.69. The highest BCUT2D eigenvalue weighted by atomic mass is 16.4. The molecule has 1 aromatic rings. The lowest BCUT2D eigenvalue weighted by Gasteiger charge is -2.47. The molecule has 1 aliphatic carbocycles. The van der Waals surface area contributed by atoms with E-state index in [1.54, 1.807) is 12.1 Å². The Kier molecular flexibility index (Phi) is 7.82. The van der Waals surface area contributed by atoms with E-state index in [0.29, 0.717) is 17.7 Å². The third-order valence-corrected chi connectivity index (χ3v) is 8.71. The van der Waals surface area contributed by atoms with Crippen LogP contribution in [0.15, 0.2) is 29.3 Å². The standard InChI is InChI=1S/C30H45N3O3/c1-21(2)9-14-25(22-10-12-23(13-11-22)28(35)36)33-27(34)26(32-19-7-6-8-20-32)31-30(33)17-15-24(16-18-30)29(3,4)5/h10-13,21,24-25H,6-9,14-20H2,1-5H3,(H,35,36)/t24?,25-,30?/m1/s1. The fourth-order valence-corrected chi connectivity index (χ4v) is 6.42. The fraction of sp³-hybridized carbons (Fsp3) is 0.700. The van der Waals surface area contributed by atoms with Gasteiger partial charge in [-0.1, -0.05) is 46.8 Å². The summed E-state index contributed by atoms with van der Waals surface area (Å²) in [5.74, 6) is 0.949. The number of rotatable bonds is 6. The molecule has 0 aromatic heterocycles. The monoisotopic (exact) mass is 495 g/mol. The molecule has 1 N–H and O–H groups in total. The van der Waals surface area contributed by atoms with E-state index in [1.165, 1.54) is 6.42 Å². The normalized spacial score (nSPS) is 26.0. The summed E-state index contributed by atoms with van der Waals surface area (Å²) < 4.78 is 0. The third-order valence-electron chi connectivity index (χ3n) is 8.71. The number of aliphatic imine (C=N–C) groups is 1. The topological polar surface area (TPSA) is 73.2 Å². The first-order chi connectivity index (χ1) is 17.0. The predicted molar refractivity (Wildman–Crippen MR) is 144 cm³/mol. The molecular weight excluding hydrogens is 450 g/mol. The summed E-state index contributed by atoms with van der Waals surface area (Å²) >= 11 is 0. The maximum atomic E-state index is 14.3. The van der Waals surface area contributed by atoms with Crippen LogP contribution in [-0.2, 0) is 4.79 Å². The summed E-state index contributed by atoms with van der Waals surface area (Å²) in [7, 11) is 0. The molecule has 1 aromatic carbocycles. The molecule has 1 saturated carbocycles. The van der Waals surface area contributed by atoms with Gasteiger partial charge in [0.25, 0.3) is 5.91 Å². The van der Waals surface area contributed by atoms with Crippen molar-refractivity contribution in [1.82, 2.24) is 9.80 Å². The molecule has 3 aliphatic rings. The summed E-state index contributed by atoms with van der Waals surface area (Å²) in [6.07, 6.45) is 9.20. The molecule has 2 heterocycles. The molecule has 0 unspecified atom stereocenters. The molecule has 1 amide bonds. The third kappa shape index (κ3) is 5.47. The minimum absolute atomic E-state index is 0.0715. The smallest absolute Gasteiger partial charge is 0.335 e. The summed E-state index contributed by atoms with van der Waals surface area (Å²) in [5, 5.41) is 9.42. The minimum atomic E-state index is -0.926. The number of carbonyl (C=O) groups is 2. The Labute approximate surface area is 217 Å². The summed E-state index contributed by atoms with van der Waals surface area (Å²) in [6, 6.07) is 7.07. The van der Waals surface area contributed by atoms with Gasteiger partial charge in [0, 0.05) is 13.1 Å². The number of carboxylic acids is 1. The highest BCUT2D eigenvalue weighted by molar-refractivity contribution is 6.39. The van der Waals surface area contributed by atoms with Gasteiger partial charge in [0.05, 0.1) is 11.6 Å². The molecule has 1 atom stereocenters. The van der Waals surface area contributed by atoms with Crippen molar-refractivity contribution in [3.8, 4) is 0 Å². The lowest BCUT2D eigenvalue weighted by Crippen LogP contribution is -2.52. The summed E-state index contributed by atoms with van der Waals surface area (Å²) in [5.41, 5.74) is 1.04. The Balaban J connectivity index is 1.72. The Morgan fingerprint density at radius 2 is 1.67 bits per heavy atom. The van der Waals surface area contributed by atoms with Gasteiger partial charge < -0.3 is 14.9 Å². The van der Waals surface area contributed by atoms with E-state index in [2.05, 4.69) is 44.4 Å². The van der Waals surface area contributed by atoms with Crippen LogP contribution < -0.4 is 0 Å². The van der Waals surface area contributed by atoms with E-state index < -0.39 is 11.6 Å². The first kappa shape index (κ1) is 26.7. The van der Waals surface area contributed by atoms with Gasteiger partial charge in [0.15, 0.2) is 5.84 Å². The number of likely N-dealkylation sites (tertiary alicyclic amines) is 1. The highest BCUT2D eigenvalue weighted by Crippen LogP contribution is 2.49. The second-order valence-corrected chi connectivity index (χ2v) is 12.7. The van der Waals surface area contributed by atoms with Gasteiger partial charge in [0.1, 0.15) is 5.66 Å². The van der Waals surface area contributed by atoms with E-state index in [1.807, 2.05) is 12.1 Å². The largest absolute Gasteiger partial charge is 0.478 e. The number of benzene rings is 1. The van der Waals surface area contributed by atoms with Crippen LogP contribution in [0.25, 0.3) is 0 Å². The van der Waals surface area contributed by atoms with Gasteiger partial charge in [-0.2, -0.15) is 0 Å². The second kappa shape index (κ2) is 10.5. The Morgan fingerprint density at radius 3 is 2.19 bits per heavy atom. The molecule has 1 spiro atoms. The summed E-state index contributed by atoms with van der Waals surface area (Å²) in [4.78, 5) is 35.4. The van der Waals surface area contributed by atoms with Crippen molar-refractivity contribution in [3.05, 3.63) is 35.4 Å². The molecule has 198 valence electrons. The van der Waals surface area contributed by atoms with Gasteiger partial charge in [-0.3, -0.25) is 4.79 Å². The van der Waals surface area contributed by atoms with Crippen molar-refractivity contribution >= 4 is 17.7 Å². The van der Waals surface area contributed by atoms with Gasteiger partial charge >= 0.3 is 5.97 Å². The van der Waals surface area contributed by atoms with E-state index in [0.717, 1.165) is 70.0 Å². The maximum Gasteiger partial charge on any atom is 0.335 e. The van der Waals surface area contributed by atoms with Crippen LogP contribution in [0.4, 0.5) is 0 Å². The van der Waals surface area contributed by atoms with Crippen molar-refractivity contribution in [2.45, 2.75) is 104 Å². The number of piperidine rings is 1. The van der Waals surface area contributed by atoms with Crippen molar-refractivity contribution in [2.75, 3.05) is 13.1 Å². The number of carboxylic acid groups (broad SMARTS) is 1. The molecule has 6 heteroatoms. The first-order valence-corrected chi connectivity index (χ1v) is 14.0. The van der Waals surface area contributed by atoms with Crippen LogP contribution in [0.5, 0.6) is 0 Å². The zero-order valence-corrected chi connectivity index (χ0v) is 22.9. The molecule has 4 rings (SSSR count). The quantitative estimate of drug-likeness (QED) is 0.487. The first-order valence-electron chi connectivity index (χ1n) is 14.0. The van der Waals surface area contributed by atoms with E-state index in [4.69, 9.17) is 4.99 Å². The number of nitrogens with zero attached hydrogens (tertiary/aromatic N) is 3. The maximum absolute atomic E-state index is 14.3. The van der Waals surface area contributed by atoms with Crippen LogP contribution in [0, 0.1) is 17.3 Å². The number of hydrogen-bond acceptors (Lipinski definition) is 4. The van der Waals surface area contributed by atoms with Crippen molar-refractivity contribution in [1.29, 1.82) is 0 Å². The minimum Gasteiger partial charge on any atom is -0.478 e. The van der Waals surface area contributed by atoms with Crippen LogP contribution in [0.2, 0.25) is 0 Å². The van der Waals surface area contributed by atoms with E-state index in [-0.39, 0.29) is 22.9 Å². The van der Waals surface area contributed by atoms with Crippen molar-refractivity contribution < 1.29 is 14.7 Å². The highest BCUT2D eigenvalue weighted by Gasteiger charge is 2.53. The van der Waals surface area contributed by atoms with Crippen molar-refractivity contribution in [2.24, 2.45) is 22.2 Å². The van der Waals surface area contributed by atoms with Crippen LogP contribution in [0.1, 0.15) is 114 Å². The van der Waals surface area contributed by atoms with Crippen LogP contribution >= 0.6 is 0 Å². The molecule has 0 bridgehead atoms. The van der Waals surface area contributed by atoms with E-state index >= 15 is 0 Å². The van der Waals surface area contributed by atoms with Gasteiger partial charge in [-0.05, 0) is 92.7 Å². The second-order valence-electron chi connectivity index (χ2n) is 12.7. The zero-order chi connectivity index (χ0) is 26.1.